The number of anilines is 2. The van der Waals surface area contributed by atoms with Crippen molar-refractivity contribution in [1.82, 2.24) is 10.3 Å². The molecule has 0 saturated heterocycles. The number of carbonyl (C=O) groups excluding carboxylic acids is 3. The summed E-state index contributed by atoms with van der Waals surface area (Å²) in [5, 5.41) is 9.51. The summed E-state index contributed by atoms with van der Waals surface area (Å²) in [6.07, 6.45) is 3.46. The van der Waals surface area contributed by atoms with Crippen molar-refractivity contribution in [2.24, 2.45) is 0 Å². The van der Waals surface area contributed by atoms with E-state index < -0.39 is 5.91 Å². The minimum atomic E-state index is -0.460. The van der Waals surface area contributed by atoms with E-state index in [1.54, 1.807) is 48.7 Å². The van der Waals surface area contributed by atoms with Crippen LogP contribution in [0.3, 0.4) is 0 Å². The lowest BCUT2D eigenvalue weighted by molar-refractivity contribution is -0.114. The number of hydrogen-bond acceptors (Lipinski definition) is 4. The second kappa shape index (κ2) is 13.7. The standard InChI is InChI=1S/C35H32N4O3S/c1-23(2)24-12-14-27(15-13-24)37-33(40)22-43-29-18-16-28(17-19-29)38-35(42)32(39-34(41)25-8-4-3-5-9-25)20-26-21-36-31-11-7-6-10-30(26)31/h3-21,23,36H,22H2,1-2H3,(H,37,40)(H,38,42)(H,39,41)/b32-20+. The lowest BCUT2D eigenvalue weighted by Crippen LogP contribution is -2.30. The molecule has 5 rings (SSSR count). The summed E-state index contributed by atoms with van der Waals surface area (Å²) in [4.78, 5) is 42.9. The molecule has 216 valence electrons. The Morgan fingerprint density at radius 1 is 0.791 bits per heavy atom. The second-order valence-corrected chi connectivity index (χ2v) is 11.3. The first kappa shape index (κ1) is 29.4. The number of aromatic amines is 1. The van der Waals surface area contributed by atoms with Gasteiger partial charge in [-0.2, -0.15) is 0 Å². The van der Waals surface area contributed by atoms with Gasteiger partial charge in [-0.25, -0.2) is 0 Å². The van der Waals surface area contributed by atoms with Gasteiger partial charge in [0.2, 0.25) is 5.91 Å². The Hall–Kier alpha value is -5.08. The van der Waals surface area contributed by atoms with E-state index in [-0.39, 0.29) is 23.3 Å². The average Bonchev–Trinajstić information content (AvgIpc) is 3.43. The van der Waals surface area contributed by atoms with Gasteiger partial charge in [-0.1, -0.05) is 62.4 Å². The Bertz CT molecular complexity index is 1760. The van der Waals surface area contributed by atoms with Gasteiger partial charge in [0.05, 0.1) is 5.75 Å². The Labute approximate surface area is 254 Å². The predicted octanol–water partition coefficient (Wildman–Crippen LogP) is 7.43. The van der Waals surface area contributed by atoms with Gasteiger partial charge < -0.3 is 20.9 Å². The number of para-hydroxylation sites is 1. The van der Waals surface area contributed by atoms with Gasteiger partial charge in [-0.05, 0) is 72.2 Å². The fraction of sp³-hybridized carbons (Fsp3) is 0.114. The smallest absolute Gasteiger partial charge is 0.272 e. The lowest BCUT2D eigenvalue weighted by atomic mass is 10.0. The van der Waals surface area contributed by atoms with E-state index in [4.69, 9.17) is 0 Å². The van der Waals surface area contributed by atoms with Crippen LogP contribution >= 0.6 is 11.8 Å². The normalized spacial score (nSPS) is 11.4. The van der Waals surface area contributed by atoms with Crippen LogP contribution in [0.15, 0.2) is 120 Å². The van der Waals surface area contributed by atoms with Gasteiger partial charge in [0, 0.05) is 44.5 Å². The van der Waals surface area contributed by atoms with Gasteiger partial charge in [-0.15, -0.1) is 11.8 Å². The molecule has 5 aromatic rings. The number of carbonyl (C=O) groups is 3. The van der Waals surface area contributed by atoms with Crippen LogP contribution in [-0.4, -0.2) is 28.5 Å². The van der Waals surface area contributed by atoms with Crippen LogP contribution in [-0.2, 0) is 9.59 Å². The van der Waals surface area contributed by atoms with Crippen molar-refractivity contribution in [3.8, 4) is 0 Å². The molecule has 0 aliphatic heterocycles. The number of amides is 3. The van der Waals surface area contributed by atoms with E-state index in [1.165, 1.54) is 17.3 Å². The molecule has 0 fully saturated rings. The Kier molecular flexibility index (Phi) is 9.39. The van der Waals surface area contributed by atoms with E-state index in [1.807, 2.05) is 66.7 Å². The van der Waals surface area contributed by atoms with Gasteiger partial charge in [0.25, 0.3) is 11.8 Å². The SMILES string of the molecule is CC(C)c1ccc(NC(=O)CSc2ccc(NC(=O)/C(=C\c3c[nH]c4ccccc34)NC(=O)c3ccccc3)cc2)cc1. The molecule has 0 unspecified atom stereocenters. The molecular weight excluding hydrogens is 556 g/mol. The van der Waals surface area contributed by atoms with E-state index in [0.717, 1.165) is 27.0 Å². The third kappa shape index (κ3) is 7.81. The molecule has 1 heterocycles. The molecule has 4 N–H and O–H groups in total. The number of H-pyrrole nitrogens is 1. The zero-order valence-electron chi connectivity index (χ0n) is 23.9. The van der Waals surface area contributed by atoms with Crippen molar-refractivity contribution in [2.75, 3.05) is 16.4 Å². The average molecular weight is 589 g/mol. The van der Waals surface area contributed by atoms with E-state index in [2.05, 4.69) is 34.8 Å². The van der Waals surface area contributed by atoms with Crippen molar-refractivity contribution >= 4 is 57.8 Å². The zero-order valence-corrected chi connectivity index (χ0v) is 24.7. The number of fused-ring (bicyclic) bond motifs is 1. The first-order chi connectivity index (χ1) is 20.9. The fourth-order valence-corrected chi connectivity index (χ4v) is 5.14. The molecule has 0 aliphatic carbocycles. The minimum Gasteiger partial charge on any atom is -0.361 e. The molecule has 0 atom stereocenters. The maximum absolute atomic E-state index is 13.4. The molecule has 0 radical (unpaired) electrons. The largest absolute Gasteiger partial charge is 0.361 e. The Morgan fingerprint density at radius 3 is 2.16 bits per heavy atom. The van der Waals surface area contributed by atoms with Crippen LogP contribution < -0.4 is 16.0 Å². The summed E-state index contributed by atoms with van der Waals surface area (Å²) in [6.45, 7) is 4.26. The van der Waals surface area contributed by atoms with Crippen molar-refractivity contribution in [3.05, 3.63) is 132 Å². The van der Waals surface area contributed by atoms with Gasteiger partial charge in [-0.3, -0.25) is 14.4 Å². The highest BCUT2D eigenvalue weighted by molar-refractivity contribution is 8.00. The molecule has 43 heavy (non-hydrogen) atoms. The van der Waals surface area contributed by atoms with Crippen molar-refractivity contribution in [3.63, 3.8) is 0 Å². The first-order valence-electron chi connectivity index (χ1n) is 13.9. The highest BCUT2D eigenvalue weighted by Gasteiger charge is 2.16. The molecule has 1 aromatic heterocycles. The van der Waals surface area contributed by atoms with Gasteiger partial charge >= 0.3 is 0 Å². The number of aromatic nitrogens is 1. The van der Waals surface area contributed by atoms with Crippen LogP contribution in [0.4, 0.5) is 11.4 Å². The molecule has 0 spiro atoms. The van der Waals surface area contributed by atoms with Gasteiger partial charge in [0.1, 0.15) is 5.70 Å². The van der Waals surface area contributed by atoms with Crippen molar-refractivity contribution < 1.29 is 14.4 Å². The first-order valence-corrected chi connectivity index (χ1v) is 14.9. The summed E-state index contributed by atoms with van der Waals surface area (Å²) in [5.74, 6) is -0.259. The Balaban J connectivity index is 1.24. The summed E-state index contributed by atoms with van der Waals surface area (Å²) >= 11 is 1.40. The maximum Gasteiger partial charge on any atom is 0.272 e. The van der Waals surface area contributed by atoms with E-state index >= 15 is 0 Å². The summed E-state index contributed by atoms with van der Waals surface area (Å²) < 4.78 is 0. The van der Waals surface area contributed by atoms with Crippen molar-refractivity contribution in [2.45, 2.75) is 24.7 Å². The molecule has 8 heteroatoms. The molecule has 0 bridgehead atoms. The minimum absolute atomic E-state index is 0.0964. The van der Waals surface area contributed by atoms with E-state index in [0.29, 0.717) is 17.2 Å². The van der Waals surface area contributed by atoms with Crippen LogP contribution in [0.5, 0.6) is 0 Å². The number of rotatable bonds is 10. The monoisotopic (exact) mass is 588 g/mol. The maximum atomic E-state index is 13.4. The van der Waals surface area contributed by atoms with Gasteiger partial charge in [0.15, 0.2) is 0 Å². The highest BCUT2D eigenvalue weighted by Crippen LogP contribution is 2.23. The predicted molar refractivity (Wildman–Crippen MR) is 175 cm³/mol. The Morgan fingerprint density at radius 2 is 1.44 bits per heavy atom. The third-order valence-corrected chi connectivity index (χ3v) is 7.81. The summed E-state index contributed by atoms with van der Waals surface area (Å²) in [6, 6.07) is 31.6. The summed E-state index contributed by atoms with van der Waals surface area (Å²) in [5.41, 5.74) is 4.79. The molecule has 4 aromatic carbocycles. The summed E-state index contributed by atoms with van der Waals surface area (Å²) in [7, 11) is 0. The lowest BCUT2D eigenvalue weighted by Gasteiger charge is -2.12. The fourth-order valence-electron chi connectivity index (χ4n) is 4.44. The molecule has 7 nitrogen and oxygen atoms in total. The van der Waals surface area contributed by atoms with Crippen LogP contribution in [0, 0.1) is 0 Å². The highest BCUT2D eigenvalue weighted by atomic mass is 32.2. The number of thioether (sulfide) groups is 1. The second-order valence-electron chi connectivity index (χ2n) is 10.3. The quantitative estimate of drug-likeness (QED) is 0.101. The molecule has 0 aliphatic rings. The molecular formula is C35H32N4O3S. The molecule has 3 amide bonds. The third-order valence-electron chi connectivity index (χ3n) is 6.79. The van der Waals surface area contributed by atoms with E-state index in [9.17, 15) is 14.4 Å². The van der Waals surface area contributed by atoms with Crippen LogP contribution in [0.1, 0.15) is 41.3 Å². The molecule has 0 saturated carbocycles. The number of benzene rings is 4. The topological polar surface area (TPSA) is 103 Å². The van der Waals surface area contributed by atoms with Crippen LogP contribution in [0.25, 0.3) is 17.0 Å². The number of nitrogens with one attached hydrogen (secondary N) is 4. The van der Waals surface area contributed by atoms with Crippen LogP contribution in [0.2, 0.25) is 0 Å². The zero-order chi connectivity index (χ0) is 30.2. The van der Waals surface area contributed by atoms with Crippen molar-refractivity contribution in [1.29, 1.82) is 0 Å². The number of hydrogen-bond donors (Lipinski definition) is 4.